The third-order valence-electron chi connectivity index (χ3n) is 6.19. The minimum Gasteiger partial charge on any atom is -0.493 e. The standard InChI is InChI=1S/C23H22O6/c1-11-5-13(6-19(25-3)22(11)26-4)20-15-8-18-17(28-10-29-18)7-14(15)12(2)16-9-27-23(24)21(16)20/h5-8,16,20-21H,2,9-10H2,1,3-4H3/t16-,20-,21?/m1/s1. The molecule has 3 atom stereocenters. The fourth-order valence-corrected chi connectivity index (χ4v) is 4.86. The molecule has 0 bridgehead atoms. The number of esters is 1. The van der Waals surface area contributed by atoms with Crippen molar-refractivity contribution in [2.75, 3.05) is 27.6 Å². The van der Waals surface area contributed by atoms with Crippen molar-refractivity contribution in [2.45, 2.75) is 12.8 Å². The molecule has 1 unspecified atom stereocenters. The number of carbonyl (C=O) groups is 1. The Hall–Kier alpha value is -3.15. The molecule has 0 amide bonds. The van der Waals surface area contributed by atoms with E-state index in [9.17, 15) is 4.79 Å². The zero-order chi connectivity index (χ0) is 20.3. The molecule has 2 aromatic rings. The first-order chi connectivity index (χ1) is 14.0. The van der Waals surface area contributed by atoms with E-state index in [1.54, 1.807) is 14.2 Å². The number of cyclic esters (lactones) is 1. The highest BCUT2D eigenvalue weighted by atomic mass is 16.7. The Balaban J connectivity index is 1.75. The van der Waals surface area contributed by atoms with Gasteiger partial charge in [-0.2, -0.15) is 0 Å². The van der Waals surface area contributed by atoms with Crippen LogP contribution in [0.15, 0.2) is 30.8 Å². The van der Waals surface area contributed by atoms with Crippen molar-refractivity contribution in [1.82, 2.24) is 0 Å². The van der Waals surface area contributed by atoms with Crippen molar-refractivity contribution < 1.29 is 28.5 Å². The van der Waals surface area contributed by atoms with Gasteiger partial charge in [0.05, 0.1) is 26.7 Å². The van der Waals surface area contributed by atoms with E-state index in [0.717, 1.165) is 27.8 Å². The topological polar surface area (TPSA) is 63.2 Å². The molecule has 0 aromatic heterocycles. The molecule has 29 heavy (non-hydrogen) atoms. The van der Waals surface area contributed by atoms with Crippen molar-refractivity contribution in [3.8, 4) is 23.0 Å². The molecular formula is C23H22O6. The van der Waals surface area contributed by atoms with Gasteiger partial charge < -0.3 is 23.7 Å². The first kappa shape index (κ1) is 17.9. The molecule has 6 nitrogen and oxygen atoms in total. The molecule has 1 fully saturated rings. The lowest BCUT2D eigenvalue weighted by atomic mass is 9.65. The zero-order valence-electron chi connectivity index (χ0n) is 16.6. The van der Waals surface area contributed by atoms with Crippen LogP contribution in [0.4, 0.5) is 0 Å². The molecule has 0 radical (unpaired) electrons. The van der Waals surface area contributed by atoms with Gasteiger partial charge in [-0.3, -0.25) is 4.79 Å². The summed E-state index contributed by atoms with van der Waals surface area (Å²) in [6, 6.07) is 7.94. The highest BCUT2D eigenvalue weighted by Crippen LogP contribution is 2.54. The lowest BCUT2D eigenvalue weighted by Gasteiger charge is -2.35. The maximum atomic E-state index is 12.8. The van der Waals surface area contributed by atoms with Gasteiger partial charge >= 0.3 is 5.97 Å². The Labute approximate surface area is 169 Å². The number of fused-ring (bicyclic) bond motifs is 3. The molecule has 3 aliphatic rings. The van der Waals surface area contributed by atoms with Crippen molar-refractivity contribution >= 4 is 11.5 Å². The molecule has 2 aromatic carbocycles. The molecule has 6 heteroatoms. The lowest BCUT2D eigenvalue weighted by Crippen LogP contribution is -2.30. The fraction of sp³-hybridized carbons (Fsp3) is 0.348. The maximum absolute atomic E-state index is 12.8. The number of methoxy groups -OCH3 is 2. The minimum absolute atomic E-state index is 0.0752. The molecule has 1 aliphatic carbocycles. The van der Waals surface area contributed by atoms with E-state index in [1.165, 1.54) is 0 Å². The van der Waals surface area contributed by atoms with Gasteiger partial charge in [0.2, 0.25) is 6.79 Å². The first-order valence-corrected chi connectivity index (χ1v) is 9.55. The summed E-state index contributed by atoms with van der Waals surface area (Å²) in [5.41, 5.74) is 4.80. The average molecular weight is 394 g/mol. The van der Waals surface area contributed by atoms with Gasteiger partial charge in [0.25, 0.3) is 0 Å². The molecule has 0 saturated carbocycles. The summed E-state index contributed by atoms with van der Waals surface area (Å²) in [5.74, 6) is 1.89. The van der Waals surface area contributed by atoms with Crippen LogP contribution < -0.4 is 18.9 Å². The van der Waals surface area contributed by atoms with Crippen LogP contribution in [0, 0.1) is 18.8 Å². The fourth-order valence-electron chi connectivity index (χ4n) is 4.86. The molecular weight excluding hydrogens is 372 g/mol. The van der Waals surface area contributed by atoms with Gasteiger partial charge in [0, 0.05) is 11.8 Å². The Bertz CT molecular complexity index is 1040. The van der Waals surface area contributed by atoms with Gasteiger partial charge in [-0.1, -0.05) is 12.6 Å². The second-order valence-electron chi connectivity index (χ2n) is 7.63. The molecule has 1 saturated heterocycles. The van der Waals surface area contributed by atoms with Crippen LogP contribution in [0.3, 0.4) is 0 Å². The van der Waals surface area contributed by atoms with E-state index in [0.29, 0.717) is 29.6 Å². The first-order valence-electron chi connectivity index (χ1n) is 9.55. The summed E-state index contributed by atoms with van der Waals surface area (Å²) in [5, 5.41) is 0. The largest absolute Gasteiger partial charge is 0.493 e. The average Bonchev–Trinajstić information content (AvgIpc) is 3.33. The number of hydrogen-bond donors (Lipinski definition) is 0. The summed E-state index contributed by atoms with van der Waals surface area (Å²) >= 11 is 0. The van der Waals surface area contributed by atoms with Gasteiger partial charge in [-0.15, -0.1) is 0 Å². The molecule has 150 valence electrons. The third-order valence-corrected chi connectivity index (χ3v) is 6.19. The van der Waals surface area contributed by atoms with Crippen LogP contribution in [-0.4, -0.2) is 33.6 Å². The van der Waals surface area contributed by atoms with Crippen molar-refractivity contribution in [2.24, 2.45) is 11.8 Å². The van der Waals surface area contributed by atoms with E-state index >= 15 is 0 Å². The second kappa shape index (κ2) is 6.44. The van der Waals surface area contributed by atoms with Gasteiger partial charge in [-0.25, -0.2) is 0 Å². The highest BCUT2D eigenvalue weighted by molar-refractivity contribution is 5.87. The van der Waals surface area contributed by atoms with Crippen LogP contribution in [0.2, 0.25) is 0 Å². The van der Waals surface area contributed by atoms with Crippen LogP contribution in [0.1, 0.15) is 28.2 Å². The van der Waals surface area contributed by atoms with Gasteiger partial charge in [0.1, 0.15) is 0 Å². The predicted molar refractivity (Wildman–Crippen MR) is 106 cm³/mol. The predicted octanol–water partition coefficient (Wildman–Crippen LogP) is 3.69. The number of benzene rings is 2. The zero-order valence-corrected chi connectivity index (χ0v) is 16.6. The Morgan fingerprint density at radius 2 is 1.79 bits per heavy atom. The van der Waals surface area contributed by atoms with Crippen LogP contribution in [-0.2, 0) is 9.53 Å². The summed E-state index contributed by atoms with van der Waals surface area (Å²) < 4.78 is 27.7. The number of hydrogen-bond acceptors (Lipinski definition) is 6. The van der Waals surface area contributed by atoms with E-state index in [2.05, 4.69) is 12.6 Å². The third kappa shape index (κ3) is 2.51. The number of aryl methyl sites for hydroxylation is 1. The van der Waals surface area contributed by atoms with Crippen LogP contribution in [0.5, 0.6) is 23.0 Å². The Kier molecular flexibility index (Phi) is 3.98. The van der Waals surface area contributed by atoms with E-state index < -0.39 is 0 Å². The lowest BCUT2D eigenvalue weighted by molar-refractivity contribution is -0.141. The molecule has 5 rings (SSSR count). The van der Waals surface area contributed by atoms with Crippen LogP contribution in [0.25, 0.3) is 5.57 Å². The molecule has 2 heterocycles. The monoisotopic (exact) mass is 394 g/mol. The molecule has 0 spiro atoms. The number of rotatable bonds is 3. The maximum Gasteiger partial charge on any atom is 0.310 e. The van der Waals surface area contributed by atoms with E-state index in [4.69, 9.17) is 23.7 Å². The number of ether oxygens (including phenoxy) is 5. The van der Waals surface area contributed by atoms with Gasteiger partial charge in [-0.05, 0) is 52.9 Å². The number of carbonyl (C=O) groups excluding carboxylic acids is 1. The van der Waals surface area contributed by atoms with Crippen LogP contribution >= 0.6 is 0 Å². The van der Waals surface area contributed by atoms with E-state index in [1.807, 2.05) is 25.1 Å². The smallest absolute Gasteiger partial charge is 0.310 e. The SMILES string of the molecule is C=C1c2cc3c(cc2[C@@H](c2cc(C)c(OC)c(OC)c2)C2C(=O)OC[C@H]12)OCO3. The summed E-state index contributed by atoms with van der Waals surface area (Å²) in [6.45, 7) is 6.80. The second-order valence-corrected chi connectivity index (χ2v) is 7.63. The Morgan fingerprint density at radius 3 is 2.52 bits per heavy atom. The highest BCUT2D eigenvalue weighted by Gasteiger charge is 2.49. The van der Waals surface area contributed by atoms with Gasteiger partial charge in [0.15, 0.2) is 23.0 Å². The summed E-state index contributed by atoms with van der Waals surface area (Å²) in [4.78, 5) is 12.8. The van der Waals surface area contributed by atoms with E-state index in [-0.39, 0.29) is 30.5 Å². The van der Waals surface area contributed by atoms with Crippen molar-refractivity contribution in [3.05, 3.63) is 53.1 Å². The molecule has 2 aliphatic heterocycles. The minimum atomic E-state index is -0.340. The molecule has 0 N–H and O–H groups in total. The normalized spacial score (nSPS) is 24.0. The van der Waals surface area contributed by atoms with Crippen molar-refractivity contribution in [3.63, 3.8) is 0 Å². The quantitative estimate of drug-likeness (QED) is 0.740. The summed E-state index contributed by atoms with van der Waals surface area (Å²) in [6.07, 6.45) is 0. The Morgan fingerprint density at radius 1 is 1.03 bits per heavy atom. The van der Waals surface area contributed by atoms with Crippen molar-refractivity contribution in [1.29, 1.82) is 0 Å². The summed E-state index contributed by atoms with van der Waals surface area (Å²) in [7, 11) is 3.23.